The zero-order valence-electron chi connectivity index (χ0n) is 21.9. The molecule has 0 saturated heterocycles. The summed E-state index contributed by atoms with van der Waals surface area (Å²) < 4.78 is 28.1. The van der Waals surface area contributed by atoms with Crippen molar-refractivity contribution in [2.45, 2.75) is 25.8 Å². The Morgan fingerprint density at radius 2 is 1.65 bits per heavy atom. The van der Waals surface area contributed by atoms with Gasteiger partial charge < -0.3 is 33.9 Å². The Bertz CT molecular complexity index is 1520. The Hall–Kier alpha value is -3.98. The molecule has 1 aromatic heterocycles. The van der Waals surface area contributed by atoms with Gasteiger partial charge in [-0.15, -0.1) is 0 Å². The molecule has 1 aliphatic rings. The summed E-state index contributed by atoms with van der Waals surface area (Å²) in [7, 11) is 7.23. The maximum atomic E-state index is 12.9. The lowest BCUT2D eigenvalue weighted by Crippen LogP contribution is -2.41. The fourth-order valence-electron chi connectivity index (χ4n) is 4.42. The van der Waals surface area contributed by atoms with E-state index in [9.17, 15) is 4.79 Å². The summed E-state index contributed by atoms with van der Waals surface area (Å²) in [6, 6.07) is 9.33. The highest BCUT2D eigenvalue weighted by Gasteiger charge is 2.22. The highest BCUT2D eigenvalue weighted by molar-refractivity contribution is 6.20. The highest BCUT2D eigenvalue weighted by Crippen LogP contribution is 2.44. The van der Waals surface area contributed by atoms with Crippen molar-refractivity contribution in [1.29, 1.82) is 0 Å². The zero-order chi connectivity index (χ0) is 26.3. The van der Waals surface area contributed by atoms with Gasteiger partial charge in [-0.2, -0.15) is 0 Å². The standard InChI is InChI=1S/C28H31N3O6/c1-28(2,31(3)4)7-8-29-27(32)37-25-10-16-9-21(33-5)22(34-6)11-17(16)19-14-30-20-13-24-23(35-15-36-24)12-18(20)26(19)25/h9-14H,7-8,15H2,1-6H3,(H,29,32). The van der Waals surface area contributed by atoms with Gasteiger partial charge in [0.1, 0.15) is 5.75 Å². The number of hydrogen-bond donors (Lipinski definition) is 1. The number of hydrogen-bond acceptors (Lipinski definition) is 8. The second kappa shape index (κ2) is 9.48. The topological polar surface area (TPSA) is 91.4 Å². The average molecular weight is 506 g/mol. The minimum Gasteiger partial charge on any atom is -0.493 e. The minimum absolute atomic E-state index is 0.0666. The van der Waals surface area contributed by atoms with Crippen molar-refractivity contribution in [2.24, 2.45) is 0 Å². The molecule has 0 atom stereocenters. The second-order valence-electron chi connectivity index (χ2n) is 9.85. The van der Waals surface area contributed by atoms with E-state index in [0.29, 0.717) is 40.8 Å². The minimum atomic E-state index is -0.526. The summed E-state index contributed by atoms with van der Waals surface area (Å²) in [6.07, 6.45) is 2.01. The van der Waals surface area contributed by atoms with Crippen molar-refractivity contribution in [1.82, 2.24) is 15.2 Å². The lowest BCUT2D eigenvalue weighted by molar-refractivity contribution is 0.174. The molecule has 0 spiro atoms. The molecule has 9 nitrogen and oxygen atoms in total. The Morgan fingerprint density at radius 3 is 2.35 bits per heavy atom. The van der Waals surface area contributed by atoms with Crippen LogP contribution in [0.1, 0.15) is 20.3 Å². The predicted octanol–water partition coefficient (Wildman–Crippen LogP) is 5.11. The molecule has 2 heterocycles. The Kier molecular flexibility index (Phi) is 6.33. The monoisotopic (exact) mass is 505 g/mol. The van der Waals surface area contributed by atoms with E-state index in [1.165, 1.54) is 0 Å². The van der Waals surface area contributed by atoms with E-state index < -0.39 is 6.09 Å². The first-order valence-electron chi connectivity index (χ1n) is 12.1. The van der Waals surface area contributed by atoms with E-state index in [-0.39, 0.29) is 12.3 Å². The van der Waals surface area contributed by atoms with Crippen molar-refractivity contribution < 1.29 is 28.5 Å². The third-order valence-corrected chi connectivity index (χ3v) is 7.16. The zero-order valence-corrected chi connectivity index (χ0v) is 21.9. The van der Waals surface area contributed by atoms with Crippen LogP contribution >= 0.6 is 0 Å². The molecule has 4 aromatic rings. The molecule has 9 heteroatoms. The molecule has 5 rings (SSSR count). The van der Waals surface area contributed by atoms with E-state index in [4.69, 9.17) is 23.7 Å². The van der Waals surface area contributed by atoms with Crippen LogP contribution in [-0.2, 0) is 0 Å². The highest BCUT2D eigenvalue weighted by atomic mass is 16.7. The summed E-state index contributed by atoms with van der Waals surface area (Å²) in [5, 5.41) is 6.94. The van der Waals surface area contributed by atoms with Crippen LogP contribution in [0.25, 0.3) is 32.4 Å². The van der Waals surface area contributed by atoms with Crippen LogP contribution in [0.2, 0.25) is 0 Å². The lowest BCUT2D eigenvalue weighted by atomic mass is 9.98. The van der Waals surface area contributed by atoms with Crippen LogP contribution in [0.15, 0.2) is 36.5 Å². The van der Waals surface area contributed by atoms with Gasteiger partial charge >= 0.3 is 6.09 Å². The number of nitrogens with zero attached hydrogens (tertiary/aromatic N) is 2. The number of carbonyl (C=O) groups excluding carboxylic acids is 1. The molecule has 1 aliphatic heterocycles. The van der Waals surface area contributed by atoms with Crippen LogP contribution in [0.5, 0.6) is 28.7 Å². The number of nitrogens with one attached hydrogen (secondary N) is 1. The number of amides is 1. The quantitative estimate of drug-likeness (QED) is 0.347. The lowest BCUT2D eigenvalue weighted by Gasteiger charge is -2.32. The molecule has 37 heavy (non-hydrogen) atoms. The molecular formula is C28H31N3O6. The first-order valence-corrected chi connectivity index (χ1v) is 12.1. The van der Waals surface area contributed by atoms with E-state index >= 15 is 0 Å². The van der Waals surface area contributed by atoms with Crippen LogP contribution in [0, 0.1) is 0 Å². The van der Waals surface area contributed by atoms with Crippen molar-refractivity contribution in [3.8, 4) is 28.7 Å². The van der Waals surface area contributed by atoms with Crippen LogP contribution in [0.4, 0.5) is 4.79 Å². The number of ether oxygens (including phenoxy) is 5. The number of rotatable bonds is 7. The third kappa shape index (κ3) is 4.51. The predicted molar refractivity (Wildman–Crippen MR) is 142 cm³/mol. The molecule has 194 valence electrons. The van der Waals surface area contributed by atoms with Crippen molar-refractivity contribution in [3.05, 3.63) is 36.5 Å². The third-order valence-electron chi connectivity index (χ3n) is 7.16. The fourth-order valence-corrected chi connectivity index (χ4v) is 4.42. The molecule has 0 saturated carbocycles. The summed E-state index contributed by atoms with van der Waals surface area (Å²) in [5.41, 5.74) is 0.637. The number of benzene rings is 3. The van der Waals surface area contributed by atoms with Gasteiger partial charge in [-0.3, -0.25) is 4.98 Å². The Morgan fingerprint density at radius 1 is 0.973 bits per heavy atom. The Balaban J connectivity index is 1.63. The molecule has 0 radical (unpaired) electrons. The van der Waals surface area contributed by atoms with Crippen molar-refractivity contribution in [2.75, 3.05) is 41.7 Å². The van der Waals surface area contributed by atoms with Crippen LogP contribution in [-0.4, -0.2) is 63.2 Å². The van der Waals surface area contributed by atoms with Gasteiger partial charge in [-0.25, -0.2) is 4.79 Å². The number of pyridine rings is 1. The molecule has 0 aliphatic carbocycles. The van der Waals surface area contributed by atoms with Gasteiger partial charge in [0, 0.05) is 40.5 Å². The van der Waals surface area contributed by atoms with Gasteiger partial charge in [0.2, 0.25) is 6.79 Å². The molecule has 1 N–H and O–H groups in total. The van der Waals surface area contributed by atoms with Gasteiger partial charge in [0.25, 0.3) is 0 Å². The maximum Gasteiger partial charge on any atom is 0.412 e. The SMILES string of the molecule is COc1cc2cc(OC(=O)NCCC(C)(C)N(C)C)c3c4cc5c(cc4ncc3c2cc1OC)OCO5. The van der Waals surface area contributed by atoms with Gasteiger partial charge in [0.15, 0.2) is 23.0 Å². The number of methoxy groups -OCH3 is 2. The molecule has 3 aromatic carbocycles. The summed E-state index contributed by atoms with van der Waals surface area (Å²) in [6.45, 7) is 4.88. The molecule has 0 bridgehead atoms. The number of carbonyl (C=O) groups is 1. The number of aromatic nitrogens is 1. The summed E-state index contributed by atoms with van der Waals surface area (Å²) >= 11 is 0. The van der Waals surface area contributed by atoms with E-state index in [1.54, 1.807) is 20.4 Å². The van der Waals surface area contributed by atoms with E-state index in [1.807, 2.05) is 44.4 Å². The van der Waals surface area contributed by atoms with Crippen molar-refractivity contribution >= 4 is 38.5 Å². The first kappa shape index (κ1) is 24.7. The normalized spacial score (nSPS) is 12.9. The fraction of sp³-hybridized carbons (Fsp3) is 0.357. The van der Waals surface area contributed by atoms with Gasteiger partial charge in [-0.1, -0.05) is 0 Å². The smallest absolute Gasteiger partial charge is 0.412 e. The van der Waals surface area contributed by atoms with Gasteiger partial charge in [-0.05, 0) is 69.4 Å². The largest absolute Gasteiger partial charge is 0.493 e. The first-order chi connectivity index (χ1) is 17.7. The summed E-state index contributed by atoms with van der Waals surface area (Å²) in [4.78, 5) is 19.7. The maximum absolute atomic E-state index is 12.9. The number of fused-ring (bicyclic) bond motifs is 6. The second-order valence-corrected chi connectivity index (χ2v) is 9.85. The van der Waals surface area contributed by atoms with Crippen molar-refractivity contribution in [3.63, 3.8) is 0 Å². The van der Waals surface area contributed by atoms with E-state index in [2.05, 4.69) is 29.0 Å². The molecule has 1 amide bonds. The van der Waals surface area contributed by atoms with Gasteiger partial charge in [0.05, 0.1) is 19.7 Å². The molecule has 0 fully saturated rings. The average Bonchev–Trinajstić information content (AvgIpc) is 3.33. The van der Waals surface area contributed by atoms with Crippen LogP contribution < -0.4 is 29.0 Å². The molecular weight excluding hydrogens is 474 g/mol. The van der Waals surface area contributed by atoms with Crippen LogP contribution in [0.3, 0.4) is 0 Å². The summed E-state index contributed by atoms with van der Waals surface area (Å²) in [5.74, 6) is 2.83. The molecule has 0 unspecified atom stereocenters. The Labute approximate surface area is 215 Å². The van der Waals surface area contributed by atoms with E-state index in [0.717, 1.165) is 33.4 Å².